The minimum absolute atomic E-state index is 0.00424. The number of hydrogen-bond acceptors (Lipinski definition) is 5. The molecule has 1 aliphatic rings. The zero-order chi connectivity index (χ0) is 20.4. The number of carbonyl (C=O) groups excluding carboxylic acids is 1. The molecule has 0 spiro atoms. The Morgan fingerprint density at radius 1 is 1.00 bits per heavy atom. The van der Waals surface area contributed by atoms with Crippen LogP contribution in [0.1, 0.15) is 16.2 Å². The molecular weight excluding hydrogens is 368 g/mol. The van der Waals surface area contributed by atoms with Gasteiger partial charge in [0.05, 0.1) is 31.8 Å². The largest absolute Gasteiger partial charge is 0.497 e. The fraction of sp³-hybridized carbons (Fsp3) is 0.364. The van der Waals surface area contributed by atoms with Crippen molar-refractivity contribution in [3.05, 3.63) is 53.9 Å². The van der Waals surface area contributed by atoms with Gasteiger partial charge in [-0.05, 0) is 24.3 Å². The Kier molecular flexibility index (Phi) is 5.40. The summed E-state index contributed by atoms with van der Waals surface area (Å²) in [6.07, 6.45) is 0. The quantitative estimate of drug-likeness (QED) is 0.666. The third kappa shape index (κ3) is 3.91. The van der Waals surface area contributed by atoms with E-state index >= 15 is 0 Å². The number of hydrogen-bond donors (Lipinski definition) is 0. The molecule has 1 aliphatic heterocycles. The minimum Gasteiger partial charge on any atom is -0.497 e. The lowest BCUT2D eigenvalue weighted by Gasteiger charge is -2.34. The molecule has 7 nitrogen and oxygen atoms in total. The molecule has 1 aromatic heterocycles. The van der Waals surface area contributed by atoms with Crippen molar-refractivity contribution in [2.75, 3.05) is 40.4 Å². The predicted molar refractivity (Wildman–Crippen MR) is 111 cm³/mol. The summed E-state index contributed by atoms with van der Waals surface area (Å²) in [5, 5.41) is 0. The third-order valence-corrected chi connectivity index (χ3v) is 5.50. The highest BCUT2D eigenvalue weighted by Crippen LogP contribution is 2.24. The lowest BCUT2D eigenvalue weighted by Crippen LogP contribution is -2.48. The van der Waals surface area contributed by atoms with E-state index in [4.69, 9.17) is 14.5 Å². The van der Waals surface area contributed by atoms with E-state index in [1.165, 1.54) is 0 Å². The van der Waals surface area contributed by atoms with Crippen LogP contribution in [0.3, 0.4) is 0 Å². The van der Waals surface area contributed by atoms with Crippen molar-refractivity contribution in [1.29, 1.82) is 0 Å². The van der Waals surface area contributed by atoms with Gasteiger partial charge in [0.2, 0.25) is 0 Å². The van der Waals surface area contributed by atoms with Crippen LogP contribution in [0.25, 0.3) is 11.0 Å². The van der Waals surface area contributed by atoms with Crippen LogP contribution >= 0.6 is 0 Å². The van der Waals surface area contributed by atoms with Crippen molar-refractivity contribution < 1.29 is 14.3 Å². The molecule has 0 saturated carbocycles. The summed E-state index contributed by atoms with van der Waals surface area (Å²) < 4.78 is 12.7. The van der Waals surface area contributed by atoms with Gasteiger partial charge in [-0.25, -0.2) is 4.98 Å². The fourth-order valence-corrected chi connectivity index (χ4v) is 3.76. The number of fused-ring (bicyclic) bond motifs is 1. The van der Waals surface area contributed by atoms with E-state index < -0.39 is 0 Å². The highest BCUT2D eigenvalue weighted by molar-refractivity contribution is 5.95. The summed E-state index contributed by atoms with van der Waals surface area (Å²) in [7, 11) is 5.23. The van der Waals surface area contributed by atoms with E-state index in [-0.39, 0.29) is 5.91 Å². The number of aromatic nitrogens is 2. The predicted octanol–water partition coefficient (Wildman–Crippen LogP) is 2.55. The monoisotopic (exact) mass is 394 g/mol. The number of rotatable bonds is 5. The van der Waals surface area contributed by atoms with Crippen LogP contribution in [0.15, 0.2) is 42.5 Å². The van der Waals surface area contributed by atoms with Gasteiger partial charge >= 0.3 is 0 Å². The van der Waals surface area contributed by atoms with Gasteiger partial charge in [-0.1, -0.05) is 12.1 Å². The lowest BCUT2D eigenvalue weighted by molar-refractivity contribution is 0.0624. The molecule has 0 N–H and O–H groups in total. The number of nitrogens with zero attached hydrogens (tertiary/aromatic N) is 4. The Bertz CT molecular complexity index is 1000. The lowest BCUT2D eigenvalue weighted by atomic mass is 10.1. The number of ether oxygens (including phenoxy) is 2. The summed E-state index contributed by atoms with van der Waals surface area (Å²) in [6.45, 7) is 3.77. The topological polar surface area (TPSA) is 59.8 Å². The summed E-state index contributed by atoms with van der Waals surface area (Å²) in [5.74, 6) is 2.29. The highest BCUT2D eigenvalue weighted by Gasteiger charge is 2.24. The SMILES string of the molecule is COc1cc(OC)cc(C(=O)N2CCN(Cc3nc4ccccc4n3C)CC2)c1. The molecule has 1 amide bonds. The Balaban J connectivity index is 1.41. The Hall–Kier alpha value is -3.06. The third-order valence-electron chi connectivity index (χ3n) is 5.50. The van der Waals surface area contributed by atoms with Crippen LogP contribution in [0.4, 0.5) is 0 Å². The number of aryl methyl sites for hydroxylation is 1. The first kappa shape index (κ1) is 19.3. The van der Waals surface area contributed by atoms with Gasteiger partial charge in [-0.15, -0.1) is 0 Å². The molecular formula is C22H26N4O3. The maximum absolute atomic E-state index is 13.0. The summed E-state index contributed by atoms with van der Waals surface area (Å²) in [4.78, 5) is 21.9. The standard InChI is InChI=1S/C22H26N4O3/c1-24-20-7-5-4-6-19(20)23-21(24)15-25-8-10-26(11-9-25)22(27)16-12-17(28-2)14-18(13-16)29-3/h4-7,12-14H,8-11,15H2,1-3H3. The fourth-order valence-electron chi connectivity index (χ4n) is 3.76. The number of benzene rings is 2. The zero-order valence-corrected chi connectivity index (χ0v) is 17.1. The average molecular weight is 394 g/mol. The molecule has 4 rings (SSSR count). The second-order valence-corrected chi connectivity index (χ2v) is 7.25. The molecule has 0 bridgehead atoms. The molecule has 3 aromatic rings. The maximum atomic E-state index is 13.0. The number of piperazine rings is 1. The molecule has 0 aliphatic carbocycles. The summed E-state index contributed by atoms with van der Waals surface area (Å²) >= 11 is 0. The zero-order valence-electron chi connectivity index (χ0n) is 17.1. The normalized spacial score (nSPS) is 14.9. The van der Waals surface area contributed by atoms with Crippen molar-refractivity contribution in [1.82, 2.24) is 19.4 Å². The minimum atomic E-state index is 0.00424. The van der Waals surface area contributed by atoms with E-state index in [0.29, 0.717) is 30.2 Å². The molecule has 2 aromatic carbocycles. The van der Waals surface area contributed by atoms with E-state index in [2.05, 4.69) is 22.6 Å². The van der Waals surface area contributed by atoms with Crippen molar-refractivity contribution in [2.45, 2.75) is 6.54 Å². The Labute approximate surface area is 170 Å². The van der Waals surface area contributed by atoms with Gasteiger partial charge in [-0.3, -0.25) is 9.69 Å². The number of para-hydroxylation sites is 2. The number of amides is 1. The van der Waals surface area contributed by atoms with Crippen molar-refractivity contribution in [3.63, 3.8) is 0 Å². The number of imidazole rings is 1. The van der Waals surface area contributed by atoms with Crippen LogP contribution in [0, 0.1) is 0 Å². The molecule has 7 heteroatoms. The van der Waals surface area contributed by atoms with Crippen molar-refractivity contribution >= 4 is 16.9 Å². The van der Waals surface area contributed by atoms with Crippen LogP contribution < -0.4 is 9.47 Å². The van der Waals surface area contributed by atoms with Crippen LogP contribution in [-0.4, -0.2) is 65.7 Å². The van der Waals surface area contributed by atoms with Crippen LogP contribution in [-0.2, 0) is 13.6 Å². The summed E-state index contributed by atoms with van der Waals surface area (Å²) in [5.41, 5.74) is 2.75. The van der Waals surface area contributed by atoms with Gasteiger partial charge < -0.3 is 18.9 Å². The summed E-state index contributed by atoms with van der Waals surface area (Å²) in [6, 6.07) is 13.5. The molecule has 1 saturated heterocycles. The molecule has 1 fully saturated rings. The van der Waals surface area contributed by atoms with Gasteiger partial charge in [0.25, 0.3) is 5.91 Å². The van der Waals surface area contributed by atoms with Gasteiger partial charge in [0.15, 0.2) is 0 Å². The average Bonchev–Trinajstić information content (AvgIpc) is 3.08. The van der Waals surface area contributed by atoms with Crippen molar-refractivity contribution in [3.8, 4) is 11.5 Å². The number of methoxy groups -OCH3 is 2. The number of carbonyl (C=O) groups is 1. The first-order valence-electron chi connectivity index (χ1n) is 9.74. The highest BCUT2D eigenvalue weighted by atomic mass is 16.5. The first-order valence-corrected chi connectivity index (χ1v) is 9.74. The van der Waals surface area contributed by atoms with Crippen LogP contribution in [0.5, 0.6) is 11.5 Å². The maximum Gasteiger partial charge on any atom is 0.254 e. The first-order chi connectivity index (χ1) is 14.1. The molecule has 0 unspecified atom stereocenters. The van der Waals surface area contributed by atoms with E-state index in [1.807, 2.05) is 23.1 Å². The second-order valence-electron chi connectivity index (χ2n) is 7.25. The Morgan fingerprint density at radius 3 is 2.28 bits per heavy atom. The van der Waals surface area contributed by atoms with Crippen LogP contribution in [0.2, 0.25) is 0 Å². The Morgan fingerprint density at radius 2 is 1.66 bits per heavy atom. The van der Waals surface area contributed by atoms with E-state index in [9.17, 15) is 4.79 Å². The van der Waals surface area contributed by atoms with E-state index in [1.54, 1.807) is 32.4 Å². The van der Waals surface area contributed by atoms with Crippen molar-refractivity contribution in [2.24, 2.45) is 7.05 Å². The molecule has 152 valence electrons. The molecule has 0 atom stereocenters. The molecule has 2 heterocycles. The van der Waals surface area contributed by atoms with E-state index in [0.717, 1.165) is 36.5 Å². The molecule has 29 heavy (non-hydrogen) atoms. The van der Waals surface area contributed by atoms with Gasteiger partial charge in [-0.2, -0.15) is 0 Å². The van der Waals surface area contributed by atoms with Gasteiger partial charge in [0, 0.05) is 44.9 Å². The molecule has 0 radical (unpaired) electrons. The van der Waals surface area contributed by atoms with Gasteiger partial charge in [0.1, 0.15) is 17.3 Å². The smallest absolute Gasteiger partial charge is 0.254 e. The second kappa shape index (κ2) is 8.13.